The molecule has 0 saturated carbocycles. The first-order chi connectivity index (χ1) is 10.1. The van der Waals surface area contributed by atoms with Crippen molar-refractivity contribution >= 4 is 0 Å². The maximum atomic E-state index is 12.5. The summed E-state index contributed by atoms with van der Waals surface area (Å²) in [6.45, 7) is 6.36. The van der Waals surface area contributed by atoms with E-state index in [1.807, 2.05) is 20.8 Å². The molecule has 0 aliphatic carbocycles. The average Bonchev–Trinajstić information content (AvgIpc) is 2.85. The van der Waals surface area contributed by atoms with E-state index in [0.29, 0.717) is 17.8 Å². The minimum atomic E-state index is -4.33. The first kappa shape index (κ1) is 16.1. The summed E-state index contributed by atoms with van der Waals surface area (Å²) >= 11 is 0. The van der Waals surface area contributed by atoms with Crippen LogP contribution in [0.5, 0.6) is 0 Å². The predicted octanol–water partition coefficient (Wildman–Crippen LogP) is 4.01. The Kier molecular flexibility index (Phi) is 4.27. The molecule has 0 aliphatic heterocycles. The zero-order valence-electron chi connectivity index (χ0n) is 12.6. The van der Waals surface area contributed by atoms with Crippen molar-refractivity contribution in [3.8, 4) is 23.1 Å². The topological polar surface area (TPSA) is 30.7 Å². The van der Waals surface area contributed by atoms with Gasteiger partial charge in [0.15, 0.2) is 0 Å². The molecule has 2 rings (SSSR count). The van der Waals surface area contributed by atoms with Gasteiger partial charge in [0.1, 0.15) is 12.2 Å². The second-order valence-corrected chi connectivity index (χ2v) is 5.89. The molecule has 0 fully saturated rings. The van der Waals surface area contributed by atoms with Crippen LogP contribution in [0.3, 0.4) is 0 Å². The van der Waals surface area contributed by atoms with E-state index in [1.165, 1.54) is 23.1 Å². The van der Waals surface area contributed by atoms with Gasteiger partial charge >= 0.3 is 6.18 Å². The molecule has 1 heterocycles. The highest BCUT2D eigenvalue weighted by atomic mass is 19.4. The molecule has 6 heteroatoms. The number of hydrogen-bond acceptors (Lipinski definition) is 2. The van der Waals surface area contributed by atoms with Crippen molar-refractivity contribution in [2.75, 3.05) is 0 Å². The summed E-state index contributed by atoms with van der Waals surface area (Å²) in [6.07, 6.45) is -2.82. The largest absolute Gasteiger partial charge is 0.416 e. The van der Waals surface area contributed by atoms with Gasteiger partial charge in [-0.25, -0.2) is 0 Å². The number of alkyl halides is 3. The molecule has 1 aromatic heterocycles. The van der Waals surface area contributed by atoms with E-state index >= 15 is 0 Å². The van der Waals surface area contributed by atoms with Gasteiger partial charge in [-0.2, -0.15) is 28.2 Å². The smallest absolute Gasteiger partial charge is 0.172 e. The molecule has 0 bridgehead atoms. The Labute approximate surface area is 127 Å². The molecule has 3 nitrogen and oxygen atoms in total. The highest BCUT2D eigenvalue weighted by Gasteiger charge is 2.30. The van der Waals surface area contributed by atoms with E-state index in [0.717, 1.165) is 12.1 Å². The van der Waals surface area contributed by atoms with Crippen LogP contribution in [0.1, 0.15) is 26.3 Å². The van der Waals surface area contributed by atoms with Crippen molar-refractivity contribution in [1.82, 2.24) is 15.0 Å². The van der Waals surface area contributed by atoms with Gasteiger partial charge in [0.25, 0.3) is 0 Å². The highest BCUT2D eigenvalue weighted by molar-refractivity contribution is 5.58. The molecule has 0 N–H and O–H groups in total. The molecule has 0 aliphatic rings. The third kappa shape index (κ3) is 4.35. The number of halogens is 3. The highest BCUT2D eigenvalue weighted by Crippen LogP contribution is 2.30. The SMILES string of the molecule is CC(C)(C)C#CCn1ncc(-c2ccc(C(F)(F)F)cc2)n1. The van der Waals surface area contributed by atoms with Crippen LogP contribution < -0.4 is 0 Å². The second-order valence-electron chi connectivity index (χ2n) is 5.89. The van der Waals surface area contributed by atoms with Crippen LogP contribution in [0.2, 0.25) is 0 Å². The average molecular weight is 307 g/mol. The van der Waals surface area contributed by atoms with Crippen LogP contribution in [-0.2, 0) is 12.7 Å². The Morgan fingerprint density at radius 3 is 2.27 bits per heavy atom. The normalized spacial score (nSPS) is 11.9. The number of rotatable bonds is 2. The van der Waals surface area contributed by atoms with Crippen LogP contribution in [0.4, 0.5) is 13.2 Å². The molecule has 0 spiro atoms. The quantitative estimate of drug-likeness (QED) is 0.785. The Bertz CT molecular complexity index is 695. The molecule has 1 aromatic carbocycles. The Morgan fingerprint density at radius 1 is 1.09 bits per heavy atom. The van der Waals surface area contributed by atoms with Crippen molar-refractivity contribution in [1.29, 1.82) is 0 Å². The fourth-order valence-corrected chi connectivity index (χ4v) is 1.71. The summed E-state index contributed by atoms with van der Waals surface area (Å²) < 4.78 is 37.5. The van der Waals surface area contributed by atoms with Gasteiger partial charge in [0, 0.05) is 11.0 Å². The molecule has 0 amide bonds. The minimum absolute atomic E-state index is 0.0938. The van der Waals surface area contributed by atoms with E-state index in [2.05, 4.69) is 22.0 Å². The third-order valence-corrected chi connectivity index (χ3v) is 2.73. The summed E-state index contributed by atoms with van der Waals surface area (Å²) in [4.78, 5) is 1.42. The second kappa shape index (κ2) is 5.84. The van der Waals surface area contributed by atoms with Crippen molar-refractivity contribution in [2.24, 2.45) is 5.41 Å². The lowest BCUT2D eigenvalue weighted by Gasteiger charge is -2.06. The number of hydrogen-bond donors (Lipinski definition) is 0. The minimum Gasteiger partial charge on any atom is -0.172 e. The van der Waals surface area contributed by atoms with Crippen LogP contribution in [0.15, 0.2) is 30.5 Å². The maximum Gasteiger partial charge on any atom is 0.416 e. The van der Waals surface area contributed by atoms with Crippen molar-refractivity contribution < 1.29 is 13.2 Å². The van der Waals surface area contributed by atoms with Crippen LogP contribution in [-0.4, -0.2) is 15.0 Å². The predicted molar refractivity (Wildman–Crippen MR) is 77.7 cm³/mol. The molecule has 22 heavy (non-hydrogen) atoms. The van der Waals surface area contributed by atoms with Crippen molar-refractivity contribution in [3.05, 3.63) is 36.0 Å². The fraction of sp³-hybridized carbons (Fsp3) is 0.375. The number of aromatic nitrogens is 3. The Balaban J connectivity index is 2.13. The van der Waals surface area contributed by atoms with E-state index in [-0.39, 0.29) is 5.41 Å². The lowest BCUT2D eigenvalue weighted by Crippen LogP contribution is -2.04. The molecule has 0 atom stereocenters. The van der Waals surface area contributed by atoms with Gasteiger partial charge in [-0.1, -0.05) is 24.0 Å². The molecule has 2 aromatic rings. The summed E-state index contributed by atoms with van der Waals surface area (Å²) in [5.74, 6) is 6.04. The Hall–Kier alpha value is -2.29. The van der Waals surface area contributed by atoms with E-state index in [4.69, 9.17) is 0 Å². The summed E-state index contributed by atoms with van der Waals surface area (Å²) in [5.41, 5.74) is 0.331. The van der Waals surface area contributed by atoms with E-state index in [9.17, 15) is 13.2 Å². The zero-order valence-corrected chi connectivity index (χ0v) is 12.6. The van der Waals surface area contributed by atoms with Gasteiger partial charge in [-0.05, 0) is 32.9 Å². The first-order valence-corrected chi connectivity index (χ1v) is 6.73. The van der Waals surface area contributed by atoms with Gasteiger partial charge < -0.3 is 0 Å². The lowest BCUT2D eigenvalue weighted by atomic mass is 9.98. The third-order valence-electron chi connectivity index (χ3n) is 2.73. The molecule has 0 radical (unpaired) electrons. The van der Waals surface area contributed by atoms with Gasteiger partial charge in [0.2, 0.25) is 0 Å². The maximum absolute atomic E-state index is 12.5. The summed E-state index contributed by atoms with van der Waals surface area (Å²) in [6, 6.07) is 4.84. The molecular weight excluding hydrogens is 291 g/mol. The van der Waals surface area contributed by atoms with Gasteiger partial charge in [-0.3, -0.25) is 0 Å². The summed E-state index contributed by atoms with van der Waals surface area (Å²) in [5, 5.41) is 8.28. The van der Waals surface area contributed by atoms with Crippen LogP contribution in [0, 0.1) is 17.3 Å². The van der Waals surface area contributed by atoms with Gasteiger partial charge in [-0.15, -0.1) is 0 Å². The monoisotopic (exact) mass is 307 g/mol. The lowest BCUT2D eigenvalue weighted by molar-refractivity contribution is -0.137. The number of benzene rings is 1. The molecular formula is C16H16F3N3. The van der Waals surface area contributed by atoms with E-state index < -0.39 is 11.7 Å². The Morgan fingerprint density at radius 2 is 1.73 bits per heavy atom. The zero-order chi connectivity index (χ0) is 16.4. The van der Waals surface area contributed by atoms with Crippen molar-refractivity contribution in [2.45, 2.75) is 33.5 Å². The standard InChI is InChI=1S/C16H16F3N3/c1-15(2,3)9-4-10-22-20-11-14(21-22)12-5-7-13(8-6-12)16(17,18)19/h5-8,11H,10H2,1-3H3. The molecule has 0 unspecified atom stereocenters. The van der Waals surface area contributed by atoms with Crippen LogP contribution >= 0.6 is 0 Å². The van der Waals surface area contributed by atoms with Crippen molar-refractivity contribution in [3.63, 3.8) is 0 Å². The van der Waals surface area contributed by atoms with Crippen LogP contribution in [0.25, 0.3) is 11.3 Å². The summed E-state index contributed by atoms with van der Waals surface area (Å²) in [7, 11) is 0. The fourth-order valence-electron chi connectivity index (χ4n) is 1.71. The first-order valence-electron chi connectivity index (χ1n) is 6.73. The van der Waals surface area contributed by atoms with Gasteiger partial charge in [0.05, 0.1) is 11.8 Å². The van der Waals surface area contributed by atoms with E-state index in [1.54, 1.807) is 0 Å². The molecule has 116 valence electrons. The number of nitrogens with zero attached hydrogens (tertiary/aromatic N) is 3. The molecule has 0 saturated heterocycles.